The maximum absolute atomic E-state index is 6.50. The molecule has 0 fully saturated rings. The number of aromatic nitrogens is 2. The van der Waals surface area contributed by atoms with Crippen LogP contribution in [0.25, 0.3) is 78.1 Å². The lowest BCUT2D eigenvalue weighted by atomic mass is 9.96. The summed E-state index contributed by atoms with van der Waals surface area (Å²) in [5.74, 6) is 3.57. The van der Waals surface area contributed by atoms with Gasteiger partial charge in [0, 0.05) is 22.1 Å². The van der Waals surface area contributed by atoms with Crippen LogP contribution in [0.2, 0.25) is 0 Å². The number of hydrogen-bond acceptors (Lipinski definition) is 4. The molecule has 10 rings (SSSR count). The summed E-state index contributed by atoms with van der Waals surface area (Å²) in [6.45, 7) is 0. The second-order valence-corrected chi connectivity index (χ2v) is 13.4. The van der Waals surface area contributed by atoms with E-state index < -0.39 is 0 Å². The first kappa shape index (κ1) is 31.4. The number of rotatable bonds is 6. The molecule has 0 saturated carbocycles. The van der Waals surface area contributed by atoms with Crippen molar-refractivity contribution < 1.29 is 9.47 Å². The fraction of sp³-hybridized carbons (Fsp3) is 0. The summed E-state index contributed by atoms with van der Waals surface area (Å²) in [4.78, 5) is 10.2. The topological polar surface area (TPSA) is 44.2 Å². The molecule has 0 spiro atoms. The molecule has 0 atom stereocenters. The van der Waals surface area contributed by atoms with Gasteiger partial charge >= 0.3 is 0 Å². The van der Waals surface area contributed by atoms with Crippen LogP contribution >= 0.6 is 0 Å². The first-order valence-corrected chi connectivity index (χ1v) is 18.0. The predicted octanol–water partition coefficient (Wildman–Crippen LogP) is 13.5. The number of ether oxygens (including phenoxy) is 2. The lowest BCUT2D eigenvalue weighted by Gasteiger charge is -2.22. The largest absolute Gasteiger partial charge is 0.449 e. The average Bonchev–Trinajstić information content (AvgIpc) is 3.26. The molecule has 2 heterocycles. The van der Waals surface area contributed by atoms with Crippen molar-refractivity contribution in [1.29, 1.82) is 0 Å². The Labute approximate surface area is 313 Å². The van der Waals surface area contributed by atoms with Gasteiger partial charge in [0.2, 0.25) is 0 Å². The summed E-state index contributed by atoms with van der Waals surface area (Å²) in [5.41, 5.74) is 11.5. The molecule has 0 unspecified atom stereocenters. The molecule has 4 nitrogen and oxygen atoms in total. The Kier molecular flexibility index (Phi) is 7.77. The van der Waals surface area contributed by atoms with Crippen LogP contribution in [-0.4, -0.2) is 9.97 Å². The Balaban J connectivity index is 0.989. The van der Waals surface area contributed by atoms with Crippen LogP contribution in [0.1, 0.15) is 0 Å². The van der Waals surface area contributed by atoms with Gasteiger partial charge in [-0.2, -0.15) is 0 Å². The minimum Gasteiger partial charge on any atom is -0.449 e. The molecule has 254 valence electrons. The molecule has 9 aromatic rings. The monoisotopic (exact) mass is 692 g/mol. The molecule has 0 radical (unpaired) electrons. The zero-order valence-electron chi connectivity index (χ0n) is 29.2. The highest BCUT2D eigenvalue weighted by Gasteiger charge is 2.22. The van der Waals surface area contributed by atoms with E-state index in [1.54, 1.807) is 0 Å². The molecular weight excluding hydrogens is 661 g/mol. The highest BCUT2D eigenvalue weighted by molar-refractivity contribution is 5.92. The van der Waals surface area contributed by atoms with Crippen LogP contribution < -0.4 is 9.47 Å². The fourth-order valence-corrected chi connectivity index (χ4v) is 7.15. The van der Waals surface area contributed by atoms with Crippen LogP contribution in [0.15, 0.2) is 194 Å². The van der Waals surface area contributed by atoms with E-state index in [4.69, 9.17) is 19.4 Å². The molecule has 1 aliphatic rings. The zero-order chi connectivity index (χ0) is 35.8. The number of hydrogen-bond donors (Lipinski definition) is 0. The molecule has 1 aromatic heterocycles. The molecule has 0 saturated heterocycles. The van der Waals surface area contributed by atoms with Gasteiger partial charge in [0.15, 0.2) is 28.8 Å². The summed E-state index contributed by atoms with van der Waals surface area (Å²) in [6.07, 6.45) is 0. The standard InChI is InChI=1S/C50H32N2O2/c1-3-11-33(12-4-1)34-21-23-36(24-22-34)44-32-45(52-50(51-44)37-14-5-2-6-15-37)42-19-10-18-40(30-42)38-16-9-17-39(29-38)41-26-27-46-48(31-41)54-49-43-20-8-7-13-35(43)25-28-47(49)53-46/h1-32H. The van der Waals surface area contributed by atoms with Crippen molar-refractivity contribution in [2.75, 3.05) is 0 Å². The van der Waals surface area contributed by atoms with Gasteiger partial charge < -0.3 is 9.47 Å². The molecule has 0 N–H and O–H groups in total. The second-order valence-electron chi connectivity index (χ2n) is 13.4. The first-order valence-electron chi connectivity index (χ1n) is 18.0. The van der Waals surface area contributed by atoms with Gasteiger partial charge in [0.1, 0.15) is 0 Å². The highest BCUT2D eigenvalue weighted by atomic mass is 16.6. The van der Waals surface area contributed by atoms with Gasteiger partial charge in [-0.05, 0) is 75.2 Å². The summed E-state index contributed by atoms with van der Waals surface area (Å²) in [5, 5.41) is 2.14. The Hall–Kier alpha value is -7.30. The van der Waals surface area contributed by atoms with E-state index in [0.717, 1.165) is 72.6 Å². The lowest BCUT2D eigenvalue weighted by Crippen LogP contribution is -1.99. The van der Waals surface area contributed by atoms with Crippen LogP contribution in [-0.2, 0) is 0 Å². The summed E-state index contributed by atoms with van der Waals surface area (Å²) in [7, 11) is 0. The van der Waals surface area contributed by atoms with E-state index in [1.165, 1.54) is 11.1 Å². The summed E-state index contributed by atoms with van der Waals surface area (Å²) >= 11 is 0. The van der Waals surface area contributed by atoms with Gasteiger partial charge in [0.05, 0.1) is 11.4 Å². The van der Waals surface area contributed by atoms with Crippen LogP contribution in [0.3, 0.4) is 0 Å². The molecule has 54 heavy (non-hydrogen) atoms. The quantitative estimate of drug-likeness (QED) is 0.174. The van der Waals surface area contributed by atoms with Crippen molar-refractivity contribution in [3.8, 4) is 90.3 Å². The van der Waals surface area contributed by atoms with Gasteiger partial charge in [-0.1, -0.05) is 158 Å². The van der Waals surface area contributed by atoms with Gasteiger partial charge in [-0.3, -0.25) is 0 Å². The fourth-order valence-electron chi connectivity index (χ4n) is 7.15. The van der Waals surface area contributed by atoms with E-state index in [-0.39, 0.29) is 0 Å². The Morgan fingerprint density at radius 3 is 1.56 bits per heavy atom. The third-order valence-electron chi connectivity index (χ3n) is 9.95. The summed E-state index contributed by atoms with van der Waals surface area (Å²) < 4.78 is 12.8. The normalized spacial score (nSPS) is 11.6. The van der Waals surface area contributed by atoms with Crippen molar-refractivity contribution in [3.63, 3.8) is 0 Å². The number of nitrogens with zero attached hydrogens (tertiary/aromatic N) is 2. The van der Waals surface area contributed by atoms with Crippen LogP contribution in [0, 0.1) is 0 Å². The van der Waals surface area contributed by atoms with E-state index in [1.807, 2.05) is 48.5 Å². The SMILES string of the molecule is c1ccc(-c2ccc(-c3cc(-c4cccc(-c5cccc(-c6ccc7c(c6)Oc6c(ccc8ccccc68)O7)c5)c4)nc(-c4ccccc4)n3)cc2)cc1. The number of fused-ring (bicyclic) bond motifs is 4. The van der Waals surface area contributed by atoms with Gasteiger partial charge in [0.25, 0.3) is 0 Å². The Bertz CT molecular complexity index is 2810. The van der Waals surface area contributed by atoms with E-state index >= 15 is 0 Å². The summed E-state index contributed by atoms with van der Waals surface area (Å²) in [6, 6.07) is 66.9. The van der Waals surface area contributed by atoms with Crippen molar-refractivity contribution in [2.45, 2.75) is 0 Å². The zero-order valence-corrected chi connectivity index (χ0v) is 29.2. The van der Waals surface area contributed by atoms with Crippen molar-refractivity contribution in [1.82, 2.24) is 9.97 Å². The van der Waals surface area contributed by atoms with Crippen LogP contribution in [0.5, 0.6) is 23.0 Å². The minimum absolute atomic E-state index is 0.692. The van der Waals surface area contributed by atoms with Gasteiger partial charge in [-0.15, -0.1) is 0 Å². The Morgan fingerprint density at radius 2 is 0.815 bits per heavy atom. The second kappa shape index (κ2) is 13.4. The molecule has 4 heteroatoms. The smallest absolute Gasteiger partial charge is 0.177 e. The van der Waals surface area contributed by atoms with Crippen molar-refractivity contribution >= 4 is 10.8 Å². The first-order chi connectivity index (χ1) is 26.7. The van der Waals surface area contributed by atoms with Crippen molar-refractivity contribution in [2.24, 2.45) is 0 Å². The molecule has 0 bridgehead atoms. The molecular formula is C50H32N2O2. The highest BCUT2D eigenvalue weighted by Crippen LogP contribution is 2.49. The molecule has 0 aliphatic carbocycles. The maximum atomic E-state index is 6.50. The minimum atomic E-state index is 0.692. The van der Waals surface area contributed by atoms with E-state index in [2.05, 4.69) is 146 Å². The molecule has 8 aromatic carbocycles. The van der Waals surface area contributed by atoms with Crippen molar-refractivity contribution in [3.05, 3.63) is 194 Å². The van der Waals surface area contributed by atoms with E-state index in [0.29, 0.717) is 17.3 Å². The molecule has 0 amide bonds. The van der Waals surface area contributed by atoms with E-state index in [9.17, 15) is 0 Å². The molecule has 1 aliphatic heterocycles. The lowest BCUT2D eigenvalue weighted by molar-refractivity contribution is 0.363. The number of benzene rings is 8. The third kappa shape index (κ3) is 5.96. The van der Waals surface area contributed by atoms with Gasteiger partial charge in [-0.25, -0.2) is 9.97 Å². The Morgan fingerprint density at radius 1 is 0.296 bits per heavy atom. The average molecular weight is 693 g/mol. The van der Waals surface area contributed by atoms with Crippen LogP contribution in [0.4, 0.5) is 0 Å². The third-order valence-corrected chi connectivity index (χ3v) is 9.95. The maximum Gasteiger partial charge on any atom is 0.177 e. The predicted molar refractivity (Wildman–Crippen MR) is 219 cm³/mol.